The van der Waals surface area contributed by atoms with Gasteiger partial charge in [-0.2, -0.15) is 0 Å². The van der Waals surface area contributed by atoms with E-state index in [0.717, 1.165) is 36.0 Å². The summed E-state index contributed by atoms with van der Waals surface area (Å²) in [6.45, 7) is 1.68. The standard InChI is InChI=1S/C15H18O3/c1-10(15(17)18)12-7-5-11(6-8-12)9-13-3-2-4-14(13)16/h5-10,14,16H,2-4H2,1H3,(H,17,18). The van der Waals surface area contributed by atoms with Crippen LogP contribution in [0.3, 0.4) is 0 Å². The fourth-order valence-corrected chi connectivity index (χ4v) is 2.26. The largest absolute Gasteiger partial charge is 0.481 e. The summed E-state index contributed by atoms with van der Waals surface area (Å²) < 4.78 is 0. The third kappa shape index (κ3) is 2.79. The molecule has 18 heavy (non-hydrogen) atoms. The van der Waals surface area contributed by atoms with Crippen LogP contribution in [0, 0.1) is 0 Å². The molecule has 1 saturated carbocycles. The van der Waals surface area contributed by atoms with E-state index >= 15 is 0 Å². The average molecular weight is 246 g/mol. The quantitative estimate of drug-likeness (QED) is 0.862. The smallest absolute Gasteiger partial charge is 0.310 e. The van der Waals surface area contributed by atoms with Crippen molar-refractivity contribution < 1.29 is 15.0 Å². The van der Waals surface area contributed by atoms with Crippen LogP contribution in [0.15, 0.2) is 29.8 Å². The Kier molecular flexibility index (Phi) is 3.82. The summed E-state index contributed by atoms with van der Waals surface area (Å²) in [7, 11) is 0. The van der Waals surface area contributed by atoms with E-state index in [9.17, 15) is 9.90 Å². The van der Waals surface area contributed by atoms with E-state index in [1.807, 2.05) is 30.3 Å². The molecule has 1 aliphatic rings. The second-order valence-corrected chi connectivity index (χ2v) is 4.85. The zero-order chi connectivity index (χ0) is 13.1. The van der Waals surface area contributed by atoms with Crippen LogP contribution in [0.1, 0.15) is 43.2 Å². The molecule has 0 aliphatic heterocycles. The number of aliphatic hydroxyl groups excluding tert-OH is 1. The van der Waals surface area contributed by atoms with Crippen LogP contribution >= 0.6 is 0 Å². The van der Waals surface area contributed by atoms with Gasteiger partial charge in [0.05, 0.1) is 12.0 Å². The molecule has 2 unspecified atom stereocenters. The maximum absolute atomic E-state index is 10.9. The summed E-state index contributed by atoms with van der Waals surface area (Å²) >= 11 is 0. The SMILES string of the molecule is CC(C(=O)O)c1ccc(C=C2CCCC2O)cc1. The van der Waals surface area contributed by atoms with Gasteiger partial charge < -0.3 is 10.2 Å². The number of benzene rings is 1. The van der Waals surface area contributed by atoms with Gasteiger partial charge in [0.15, 0.2) is 0 Å². The van der Waals surface area contributed by atoms with Gasteiger partial charge in [-0.15, -0.1) is 0 Å². The van der Waals surface area contributed by atoms with Gasteiger partial charge >= 0.3 is 5.97 Å². The van der Waals surface area contributed by atoms with Crippen LogP contribution in [0.2, 0.25) is 0 Å². The van der Waals surface area contributed by atoms with Crippen molar-refractivity contribution >= 4 is 12.0 Å². The van der Waals surface area contributed by atoms with Gasteiger partial charge in [0, 0.05) is 0 Å². The van der Waals surface area contributed by atoms with Crippen LogP contribution in [-0.2, 0) is 4.79 Å². The predicted octanol–water partition coefficient (Wildman–Crippen LogP) is 2.80. The van der Waals surface area contributed by atoms with Gasteiger partial charge in [-0.05, 0) is 42.9 Å². The van der Waals surface area contributed by atoms with E-state index in [0.29, 0.717) is 0 Å². The Labute approximate surface area is 107 Å². The summed E-state index contributed by atoms with van der Waals surface area (Å²) in [5, 5.41) is 18.6. The molecule has 3 heteroatoms. The predicted molar refractivity (Wildman–Crippen MR) is 70.3 cm³/mol. The van der Waals surface area contributed by atoms with Crippen molar-refractivity contribution in [1.82, 2.24) is 0 Å². The highest BCUT2D eigenvalue weighted by Crippen LogP contribution is 2.27. The first kappa shape index (κ1) is 12.8. The van der Waals surface area contributed by atoms with Gasteiger partial charge in [-0.1, -0.05) is 30.3 Å². The summed E-state index contributed by atoms with van der Waals surface area (Å²) in [4.78, 5) is 10.9. The van der Waals surface area contributed by atoms with Crippen LogP contribution < -0.4 is 0 Å². The molecule has 0 spiro atoms. The fourth-order valence-electron chi connectivity index (χ4n) is 2.26. The molecule has 1 aromatic rings. The molecular formula is C15H18O3. The second-order valence-electron chi connectivity index (χ2n) is 4.85. The molecule has 1 aromatic carbocycles. The lowest BCUT2D eigenvalue weighted by Gasteiger charge is -2.07. The Morgan fingerprint density at radius 1 is 1.39 bits per heavy atom. The molecule has 0 bridgehead atoms. The van der Waals surface area contributed by atoms with Gasteiger partial charge in [0.2, 0.25) is 0 Å². The molecule has 2 atom stereocenters. The minimum absolute atomic E-state index is 0.303. The average Bonchev–Trinajstić information content (AvgIpc) is 2.75. The summed E-state index contributed by atoms with van der Waals surface area (Å²) in [6.07, 6.45) is 4.55. The normalized spacial score (nSPS) is 23.2. The van der Waals surface area contributed by atoms with E-state index in [1.54, 1.807) is 6.92 Å². The molecule has 1 fully saturated rings. The Bertz CT molecular complexity index is 459. The van der Waals surface area contributed by atoms with Crippen LogP contribution in [0.25, 0.3) is 6.08 Å². The minimum atomic E-state index is -0.813. The highest BCUT2D eigenvalue weighted by Gasteiger charge is 2.17. The van der Waals surface area contributed by atoms with Crippen LogP contribution in [-0.4, -0.2) is 22.3 Å². The lowest BCUT2D eigenvalue weighted by Crippen LogP contribution is -2.07. The highest BCUT2D eigenvalue weighted by molar-refractivity contribution is 5.75. The molecular weight excluding hydrogens is 228 g/mol. The number of carboxylic acid groups (broad SMARTS) is 1. The molecule has 2 N–H and O–H groups in total. The first-order valence-electron chi connectivity index (χ1n) is 6.29. The number of aliphatic carboxylic acids is 1. The molecule has 2 rings (SSSR count). The Balaban J connectivity index is 2.15. The zero-order valence-corrected chi connectivity index (χ0v) is 10.5. The minimum Gasteiger partial charge on any atom is -0.481 e. The summed E-state index contributed by atoms with van der Waals surface area (Å²) in [5.41, 5.74) is 2.90. The Morgan fingerprint density at radius 2 is 2.06 bits per heavy atom. The van der Waals surface area contributed by atoms with Crippen LogP contribution in [0.4, 0.5) is 0 Å². The molecule has 0 radical (unpaired) electrons. The number of hydrogen-bond donors (Lipinski definition) is 2. The summed E-state index contributed by atoms with van der Waals surface area (Å²) in [6, 6.07) is 7.50. The van der Waals surface area contributed by atoms with Gasteiger partial charge in [0.25, 0.3) is 0 Å². The topological polar surface area (TPSA) is 57.5 Å². The first-order valence-corrected chi connectivity index (χ1v) is 6.29. The molecule has 0 aromatic heterocycles. The molecule has 96 valence electrons. The van der Waals surface area contributed by atoms with Crippen molar-refractivity contribution in [2.75, 3.05) is 0 Å². The van der Waals surface area contributed by atoms with Crippen molar-refractivity contribution in [3.63, 3.8) is 0 Å². The number of carboxylic acids is 1. The molecule has 1 aliphatic carbocycles. The van der Waals surface area contributed by atoms with Crippen molar-refractivity contribution in [3.05, 3.63) is 41.0 Å². The lowest BCUT2D eigenvalue weighted by molar-refractivity contribution is -0.138. The molecule has 0 saturated heterocycles. The van der Waals surface area contributed by atoms with E-state index in [1.165, 1.54) is 0 Å². The lowest BCUT2D eigenvalue weighted by atomic mass is 9.99. The Hall–Kier alpha value is -1.61. The van der Waals surface area contributed by atoms with Crippen molar-refractivity contribution in [3.8, 4) is 0 Å². The van der Waals surface area contributed by atoms with Crippen molar-refractivity contribution in [2.24, 2.45) is 0 Å². The second kappa shape index (κ2) is 5.36. The third-order valence-electron chi connectivity index (χ3n) is 3.53. The van der Waals surface area contributed by atoms with Gasteiger partial charge in [-0.25, -0.2) is 0 Å². The van der Waals surface area contributed by atoms with E-state index in [-0.39, 0.29) is 6.10 Å². The highest BCUT2D eigenvalue weighted by atomic mass is 16.4. The Morgan fingerprint density at radius 3 is 2.56 bits per heavy atom. The maximum atomic E-state index is 10.9. The van der Waals surface area contributed by atoms with Crippen molar-refractivity contribution in [2.45, 2.75) is 38.2 Å². The van der Waals surface area contributed by atoms with E-state index in [4.69, 9.17) is 5.11 Å². The zero-order valence-electron chi connectivity index (χ0n) is 10.5. The van der Waals surface area contributed by atoms with Crippen LogP contribution in [0.5, 0.6) is 0 Å². The molecule has 3 nitrogen and oxygen atoms in total. The first-order chi connectivity index (χ1) is 8.58. The molecule has 0 amide bonds. The van der Waals surface area contributed by atoms with E-state index in [2.05, 4.69) is 0 Å². The number of rotatable bonds is 3. The third-order valence-corrected chi connectivity index (χ3v) is 3.53. The van der Waals surface area contributed by atoms with Gasteiger partial charge in [0.1, 0.15) is 0 Å². The molecule has 0 heterocycles. The maximum Gasteiger partial charge on any atom is 0.310 e. The fraction of sp³-hybridized carbons (Fsp3) is 0.400. The van der Waals surface area contributed by atoms with E-state index < -0.39 is 11.9 Å². The summed E-state index contributed by atoms with van der Waals surface area (Å²) in [5.74, 6) is -1.30. The number of aliphatic hydroxyl groups is 1. The van der Waals surface area contributed by atoms with Gasteiger partial charge in [-0.3, -0.25) is 4.79 Å². The monoisotopic (exact) mass is 246 g/mol. The number of hydrogen-bond acceptors (Lipinski definition) is 2. The number of carbonyl (C=O) groups is 1. The van der Waals surface area contributed by atoms with Crippen molar-refractivity contribution in [1.29, 1.82) is 0 Å².